The Balaban J connectivity index is 0.00000441. The van der Waals surface area contributed by atoms with Crippen molar-refractivity contribution in [2.24, 2.45) is 11.7 Å². The minimum absolute atomic E-state index is 0. The predicted octanol–water partition coefficient (Wildman–Crippen LogP) is 1.29. The number of hydrogen-bond donors (Lipinski definition) is 3. The lowest BCUT2D eigenvalue weighted by atomic mass is 10.1. The third-order valence-corrected chi connectivity index (χ3v) is 3.04. The molecule has 0 aliphatic heterocycles. The molecule has 1 rings (SSSR count). The quantitative estimate of drug-likeness (QED) is 0.702. The Morgan fingerprint density at radius 3 is 2.50 bits per heavy atom. The molecule has 0 saturated heterocycles. The Hall–Kier alpha value is -1.63. The van der Waals surface area contributed by atoms with Crippen LogP contribution in [0.1, 0.15) is 19.4 Å². The first-order chi connectivity index (χ1) is 9.95. The summed E-state index contributed by atoms with van der Waals surface area (Å²) in [6, 6.07) is 6.73. The molecule has 0 radical (unpaired) electrons. The number of methoxy groups -OCH3 is 1. The number of nitrogens with two attached hydrogens (primary N) is 1. The molecular weight excluding hydrogens is 306 g/mol. The highest BCUT2D eigenvalue weighted by molar-refractivity contribution is 5.95. The minimum atomic E-state index is -0.612. The average Bonchev–Trinajstić information content (AvgIpc) is 2.46. The zero-order chi connectivity index (χ0) is 15.8. The molecular formula is C15H24ClN3O3. The van der Waals surface area contributed by atoms with Crippen molar-refractivity contribution in [3.63, 3.8) is 0 Å². The van der Waals surface area contributed by atoms with E-state index in [0.717, 1.165) is 5.56 Å². The number of halogens is 1. The molecule has 0 unspecified atom stereocenters. The van der Waals surface area contributed by atoms with Crippen LogP contribution in [0.5, 0.6) is 0 Å². The highest BCUT2D eigenvalue weighted by Gasteiger charge is 2.17. The van der Waals surface area contributed by atoms with Gasteiger partial charge in [0.15, 0.2) is 0 Å². The van der Waals surface area contributed by atoms with Crippen LogP contribution in [0, 0.1) is 5.92 Å². The summed E-state index contributed by atoms with van der Waals surface area (Å²) in [5, 5.41) is 5.27. The summed E-state index contributed by atoms with van der Waals surface area (Å²) in [5.41, 5.74) is 7.25. The first-order valence-electron chi connectivity index (χ1n) is 6.85. The fourth-order valence-corrected chi connectivity index (χ4v) is 1.71. The largest absolute Gasteiger partial charge is 0.380 e. The molecule has 4 N–H and O–H groups in total. The van der Waals surface area contributed by atoms with Crippen molar-refractivity contribution in [3.05, 3.63) is 29.8 Å². The first kappa shape index (κ1) is 20.4. The molecule has 0 heterocycles. The van der Waals surface area contributed by atoms with Gasteiger partial charge in [-0.25, -0.2) is 0 Å². The van der Waals surface area contributed by atoms with Gasteiger partial charge < -0.3 is 21.1 Å². The summed E-state index contributed by atoms with van der Waals surface area (Å²) in [7, 11) is 1.59. The predicted molar refractivity (Wildman–Crippen MR) is 88.9 cm³/mol. The molecule has 1 aromatic rings. The number of carbonyl (C=O) groups excluding carboxylic acids is 2. The highest BCUT2D eigenvalue weighted by Crippen LogP contribution is 2.15. The Morgan fingerprint density at radius 2 is 1.91 bits per heavy atom. The van der Waals surface area contributed by atoms with Crippen molar-refractivity contribution in [1.82, 2.24) is 5.32 Å². The van der Waals surface area contributed by atoms with Gasteiger partial charge in [-0.2, -0.15) is 0 Å². The molecule has 0 aliphatic carbocycles. The number of benzene rings is 1. The number of para-hydroxylation sites is 1. The number of nitrogens with one attached hydrogen (secondary N) is 2. The molecule has 0 saturated carbocycles. The van der Waals surface area contributed by atoms with E-state index in [1.165, 1.54) is 0 Å². The molecule has 1 atom stereocenters. The van der Waals surface area contributed by atoms with Gasteiger partial charge in [0.2, 0.25) is 11.8 Å². The molecule has 0 bridgehead atoms. The van der Waals surface area contributed by atoms with Crippen LogP contribution in [0.2, 0.25) is 0 Å². The average molecular weight is 330 g/mol. The van der Waals surface area contributed by atoms with E-state index >= 15 is 0 Å². The first-order valence-corrected chi connectivity index (χ1v) is 6.85. The van der Waals surface area contributed by atoms with E-state index in [0.29, 0.717) is 12.3 Å². The van der Waals surface area contributed by atoms with Crippen LogP contribution in [0.25, 0.3) is 0 Å². The van der Waals surface area contributed by atoms with Gasteiger partial charge in [0.25, 0.3) is 0 Å². The van der Waals surface area contributed by atoms with Crippen molar-refractivity contribution in [3.8, 4) is 0 Å². The summed E-state index contributed by atoms with van der Waals surface area (Å²) >= 11 is 0. The van der Waals surface area contributed by atoms with Crippen LogP contribution in [-0.4, -0.2) is 31.5 Å². The van der Waals surface area contributed by atoms with Crippen LogP contribution in [-0.2, 0) is 20.9 Å². The molecule has 124 valence electrons. The van der Waals surface area contributed by atoms with Crippen LogP contribution in [0.3, 0.4) is 0 Å². The SMILES string of the molecule is COCc1ccccc1NC(=O)CNC(=O)[C@@H](N)C(C)C.Cl. The second kappa shape index (κ2) is 10.2. The zero-order valence-corrected chi connectivity index (χ0v) is 13.9. The molecule has 22 heavy (non-hydrogen) atoms. The normalized spacial score (nSPS) is 11.5. The number of amides is 2. The Labute approximate surface area is 137 Å². The third-order valence-electron chi connectivity index (χ3n) is 3.04. The Kier molecular flexibility index (Phi) is 9.40. The lowest BCUT2D eigenvalue weighted by molar-refractivity contribution is -0.125. The van der Waals surface area contributed by atoms with Crippen molar-refractivity contribution in [2.75, 3.05) is 19.0 Å². The van der Waals surface area contributed by atoms with E-state index in [2.05, 4.69) is 10.6 Å². The van der Waals surface area contributed by atoms with E-state index in [-0.39, 0.29) is 36.7 Å². The molecule has 2 amide bonds. The lowest BCUT2D eigenvalue weighted by Gasteiger charge is -2.15. The summed E-state index contributed by atoms with van der Waals surface area (Å²) in [5.74, 6) is -0.608. The molecule has 1 aromatic carbocycles. The third kappa shape index (κ3) is 6.43. The Bertz CT molecular complexity index is 495. The van der Waals surface area contributed by atoms with Gasteiger partial charge in [-0.1, -0.05) is 32.0 Å². The van der Waals surface area contributed by atoms with E-state index in [9.17, 15) is 9.59 Å². The standard InChI is InChI=1S/C15H23N3O3.ClH/c1-10(2)14(16)15(20)17-8-13(19)18-12-7-5-4-6-11(12)9-21-3;/h4-7,10,14H,8-9,16H2,1-3H3,(H,17,20)(H,18,19);1H/t14-;/m0./s1. The van der Waals surface area contributed by atoms with Crippen LogP contribution in [0.15, 0.2) is 24.3 Å². The summed E-state index contributed by atoms with van der Waals surface area (Å²) in [4.78, 5) is 23.5. The van der Waals surface area contributed by atoms with Crippen molar-refractivity contribution in [1.29, 1.82) is 0 Å². The molecule has 0 aliphatic rings. The zero-order valence-electron chi connectivity index (χ0n) is 13.1. The van der Waals surface area contributed by atoms with Gasteiger partial charge in [-0.15, -0.1) is 12.4 Å². The highest BCUT2D eigenvalue weighted by atomic mass is 35.5. The maximum atomic E-state index is 11.9. The topological polar surface area (TPSA) is 93.5 Å². The molecule has 7 heteroatoms. The summed E-state index contributed by atoms with van der Waals surface area (Å²) in [6.07, 6.45) is 0. The van der Waals surface area contributed by atoms with Crippen molar-refractivity contribution in [2.45, 2.75) is 26.5 Å². The van der Waals surface area contributed by atoms with Crippen LogP contribution in [0.4, 0.5) is 5.69 Å². The number of carbonyl (C=O) groups is 2. The second-order valence-corrected chi connectivity index (χ2v) is 5.13. The fourth-order valence-electron chi connectivity index (χ4n) is 1.71. The monoisotopic (exact) mass is 329 g/mol. The van der Waals surface area contributed by atoms with Gasteiger partial charge in [-0.05, 0) is 12.0 Å². The van der Waals surface area contributed by atoms with Crippen molar-refractivity contribution < 1.29 is 14.3 Å². The summed E-state index contributed by atoms with van der Waals surface area (Å²) < 4.78 is 5.07. The minimum Gasteiger partial charge on any atom is -0.380 e. The maximum Gasteiger partial charge on any atom is 0.243 e. The van der Waals surface area contributed by atoms with E-state index in [1.54, 1.807) is 13.2 Å². The van der Waals surface area contributed by atoms with E-state index in [1.807, 2.05) is 32.0 Å². The van der Waals surface area contributed by atoms with E-state index < -0.39 is 6.04 Å². The number of anilines is 1. The second-order valence-electron chi connectivity index (χ2n) is 5.13. The fraction of sp³-hybridized carbons (Fsp3) is 0.467. The number of rotatable bonds is 7. The maximum absolute atomic E-state index is 11.9. The summed E-state index contributed by atoms with van der Waals surface area (Å²) in [6.45, 7) is 4.00. The smallest absolute Gasteiger partial charge is 0.243 e. The van der Waals surface area contributed by atoms with Gasteiger partial charge >= 0.3 is 0 Å². The molecule has 0 aromatic heterocycles. The van der Waals surface area contributed by atoms with Gasteiger partial charge in [0.1, 0.15) is 0 Å². The Morgan fingerprint density at radius 1 is 1.27 bits per heavy atom. The van der Waals surface area contributed by atoms with Crippen LogP contribution >= 0.6 is 12.4 Å². The lowest BCUT2D eigenvalue weighted by Crippen LogP contribution is -2.46. The molecule has 6 nitrogen and oxygen atoms in total. The van der Waals surface area contributed by atoms with Gasteiger partial charge in [-0.3, -0.25) is 9.59 Å². The van der Waals surface area contributed by atoms with Gasteiger partial charge in [0, 0.05) is 18.4 Å². The molecule has 0 spiro atoms. The number of hydrogen-bond acceptors (Lipinski definition) is 4. The number of ether oxygens (including phenoxy) is 1. The van der Waals surface area contributed by atoms with Crippen LogP contribution < -0.4 is 16.4 Å². The van der Waals surface area contributed by atoms with Crippen molar-refractivity contribution >= 4 is 29.9 Å². The van der Waals surface area contributed by atoms with E-state index in [4.69, 9.17) is 10.5 Å². The van der Waals surface area contributed by atoms with Gasteiger partial charge in [0.05, 0.1) is 19.2 Å². The molecule has 0 fully saturated rings.